The second-order valence-electron chi connectivity index (χ2n) is 7.83. The lowest BCUT2D eigenvalue weighted by molar-refractivity contribution is -0.155. The molecule has 0 N–H and O–H groups in total. The van der Waals surface area contributed by atoms with Gasteiger partial charge in [-0.3, -0.25) is 14.7 Å². The molecule has 2 bridgehead atoms. The van der Waals surface area contributed by atoms with Crippen molar-refractivity contribution in [1.29, 1.82) is 0 Å². The molecule has 1 unspecified atom stereocenters. The van der Waals surface area contributed by atoms with Crippen molar-refractivity contribution >= 4 is 16.9 Å². The van der Waals surface area contributed by atoms with Gasteiger partial charge in [-0.15, -0.1) is 0 Å². The molecule has 0 amide bonds. The zero-order valence-electron chi connectivity index (χ0n) is 16.4. The van der Waals surface area contributed by atoms with Gasteiger partial charge in [-0.05, 0) is 55.5 Å². The van der Waals surface area contributed by atoms with E-state index in [4.69, 9.17) is 9.47 Å². The SMILES string of the molecule is CC[C@@H]1CN2CC[C@H]1C[C@@H]2[C@@H](OC(C)=O)c1ccnc2ccc(OC)cc12. The van der Waals surface area contributed by atoms with Crippen LogP contribution in [0.25, 0.3) is 10.9 Å². The Kier molecular flexibility index (Phi) is 5.04. The smallest absolute Gasteiger partial charge is 0.303 e. The molecule has 0 aliphatic carbocycles. The highest BCUT2D eigenvalue weighted by Crippen LogP contribution is 2.44. The topological polar surface area (TPSA) is 51.7 Å². The first kappa shape index (κ1) is 18.2. The molecule has 5 heteroatoms. The molecule has 3 saturated heterocycles. The van der Waals surface area contributed by atoms with E-state index in [9.17, 15) is 4.79 Å². The van der Waals surface area contributed by atoms with Gasteiger partial charge in [-0.2, -0.15) is 0 Å². The maximum absolute atomic E-state index is 12.0. The van der Waals surface area contributed by atoms with Crippen LogP contribution in [0.15, 0.2) is 30.5 Å². The van der Waals surface area contributed by atoms with E-state index in [1.54, 1.807) is 7.11 Å². The summed E-state index contributed by atoms with van der Waals surface area (Å²) >= 11 is 0. The molecule has 144 valence electrons. The van der Waals surface area contributed by atoms with Crippen molar-refractivity contribution in [3.05, 3.63) is 36.0 Å². The Bertz CT molecular complexity index is 837. The van der Waals surface area contributed by atoms with Crippen LogP contribution in [0.4, 0.5) is 0 Å². The first-order valence-electron chi connectivity index (χ1n) is 9.94. The minimum atomic E-state index is -0.277. The van der Waals surface area contributed by atoms with Crippen LogP contribution in [0.3, 0.4) is 0 Å². The second kappa shape index (κ2) is 7.47. The summed E-state index contributed by atoms with van der Waals surface area (Å²) in [7, 11) is 1.66. The number of methoxy groups -OCH3 is 1. The average Bonchev–Trinajstić information content (AvgIpc) is 2.71. The maximum Gasteiger partial charge on any atom is 0.303 e. The van der Waals surface area contributed by atoms with Gasteiger partial charge in [0.05, 0.1) is 18.7 Å². The molecule has 3 fully saturated rings. The summed E-state index contributed by atoms with van der Waals surface area (Å²) in [4.78, 5) is 19.0. The fourth-order valence-corrected chi connectivity index (χ4v) is 5.01. The Labute approximate surface area is 160 Å². The molecule has 3 aliphatic heterocycles. The Hall–Kier alpha value is -2.14. The van der Waals surface area contributed by atoms with E-state index < -0.39 is 0 Å². The Morgan fingerprint density at radius 2 is 2.22 bits per heavy atom. The summed E-state index contributed by atoms with van der Waals surface area (Å²) in [6.45, 7) is 5.99. The Morgan fingerprint density at radius 1 is 1.37 bits per heavy atom. The highest BCUT2D eigenvalue weighted by Gasteiger charge is 2.44. The zero-order chi connectivity index (χ0) is 19.0. The quantitative estimate of drug-likeness (QED) is 0.748. The number of ether oxygens (including phenoxy) is 2. The average molecular weight is 368 g/mol. The van der Waals surface area contributed by atoms with Crippen LogP contribution in [0, 0.1) is 11.8 Å². The molecule has 0 saturated carbocycles. The molecule has 3 aliphatic rings. The number of fused-ring (bicyclic) bond motifs is 4. The number of pyridine rings is 1. The van der Waals surface area contributed by atoms with Gasteiger partial charge in [0, 0.05) is 30.6 Å². The number of esters is 1. The van der Waals surface area contributed by atoms with Gasteiger partial charge in [0.15, 0.2) is 0 Å². The molecular formula is C22H28N2O3. The van der Waals surface area contributed by atoms with Gasteiger partial charge in [-0.25, -0.2) is 0 Å². The molecule has 5 atom stereocenters. The molecule has 5 rings (SSSR count). The van der Waals surface area contributed by atoms with Gasteiger partial charge >= 0.3 is 5.97 Å². The molecule has 5 nitrogen and oxygen atoms in total. The van der Waals surface area contributed by atoms with Crippen molar-refractivity contribution in [1.82, 2.24) is 9.88 Å². The molecule has 2 aromatic rings. The number of hydrogen-bond donors (Lipinski definition) is 0. The summed E-state index contributed by atoms with van der Waals surface area (Å²) in [6, 6.07) is 8.10. The number of carbonyl (C=O) groups is 1. The van der Waals surface area contributed by atoms with E-state index in [-0.39, 0.29) is 18.1 Å². The van der Waals surface area contributed by atoms with Crippen molar-refractivity contribution in [2.24, 2.45) is 11.8 Å². The molecule has 0 radical (unpaired) electrons. The molecular weight excluding hydrogens is 340 g/mol. The lowest BCUT2D eigenvalue weighted by Gasteiger charge is -2.51. The minimum Gasteiger partial charge on any atom is -0.497 e. The summed E-state index contributed by atoms with van der Waals surface area (Å²) in [5.74, 6) is 2.05. The van der Waals surface area contributed by atoms with Crippen molar-refractivity contribution in [3.8, 4) is 5.75 Å². The number of aromatic nitrogens is 1. The monoisotopic (exact) mass is 368 g/mol. The van der Waals surface area contributed by atoms with E-state index in [0.717, 1.165) is 53.6 Å². The third-order valence-electron chi connectivity index (χ3n) is 6.39. The standard InChI is InChI=1S/C22H28N2O3/c1-4-15-13-24-10-8-16(15)11-21(24)22(27-14(2)25)18-7-9-23-20-6-5-17(26-3)12-19(18)20/h5-7,9,12,15-16,21-22H,4,8,10-11,13H2,1-3H3/t15-,16+,21-,22+/m1/s1. The normalized spacial score (nSPS) is 28.1. The second-order valence-corrected chi connectivity index (χ2v) is 7.83. The van der Waals surface area contributed by atoms with Crippen LogP contribution in [0.2, 0.25) is 0 Å². The Morgan fingerprint density at radius 3 is 2.89 bits per heavy atom. The van der Waals surface area contributed by atoms with Crippen LogP contribution in [-0.2, 0) is 9.53 Å². The van der Waals surface area contributed by atoms with Gasteiger partial charge in [0.1, 0.15) is 11.9 Å². The van der Waals surface area contributed by atoms with E-state index in [0.29, 0.717) is 0 Å². The van der Waals surface area contributed by atoms with E-state index in [2.05, 4.69) is 16.8 Å². The third kappa shape index (κ3) is 3.41. The van der Waals surface area contributed by atoms with E-state index in [1.165, 1.54) is 19.8 Å². The number of nitrogens with zero attached hydrogens (tertiary/aromatic N) is 2. The Balaban J connectivity index is 1.75. The van der Waals surface area contributed by atoms with Crippen LogP contribution >= 0.6 is 0 Å². The fraction of sp³-hybridized carbons (Fsp3) is 0.545. The van der Waals surface area contributed by atoms with E-state index >= 15 is 0 Å². The highest BCUT2D eigenvalue weighted by molar-refractivity contribution is 5.84. The number of rotatable bonds is 5. The van der Waals surface area contributed by atoms with Crippen molar-refractivity contribution in [3.63, 3.8) is 0 Å². The number of carbonyl (C=O) groups excluding carboxylic acids is 1. The lowest BCUT2D eigenvalue weighted by Crippen LogP contribution is -2.55. The molecule has 0 spiro atoms. The molecule has 27 heavy (non-hydrogen) atoms. The summed E-state index contributed by atoms with van der Waals surface area (Å²) in [5, 5.41) is 0.998. The largest absolute Gasteiger partial charge is 0.497 e. The highest BCUT2D eigenvalue weighted by atomic mass is 16.5. The van der Waals surface area contributed by atoms with Gasteiger partial charge < -0.3 is 9.47 Å². The third-order valence-corrected chi connectivity index (χ3v) is 6.39. The van der Waals surface area contributed by atoms with Crippen molar-refractivity contribution < 1.29 is 14.3 Å². The minimum absolute atomic E-state index is 0.229. The lowest BCUT2D eigenvalue weighted by atomic mass is 9.72. The van der Waals surface area contributed by atoms with Crippen LogP contribution < -0.4 is 4.74 Å². The van der Waals surface area contributed by atoms with Crippen LogP contribution in [0.5, 0.6) is 5.75 Å². The van der Waals surface area contributed by atoms with Crippen LogP contribution in [0.1, 0.15) is 44.8 Å². The molecule has 1 aromatic carbocycles. The van der Waals surface area contributed by atoms with E-state index in [1.807, 2.05) is 30.5 Å². The number of benzene rings is 1. The summed E-state index contributed by atoms with van der Waals surface area (Å²) in [6.07, 6.45) is 5.10. The molecule has 1 aromatic heterocycles. The van der Waals surface area contributed by atoms with Gasteiger partial charge in [0.25, 0.3) is 0 Å². The van der Waals surface area contributed by atoms with Gasteiger partial charge in [-0.1, -0.05) is 13.3 Å². The van der Waals surface area contributed by atoms with Crippen molar-refractivity contribution in [2.45, 2.75) is 45.3 Å². The number of piperidine rings is 3. The zero-order valence-corrected chi connectivity index (χ0v) is 16.4. The van der Waals surface area contributed by atoms with Crippen molar-refractivity contribution in [2.75, 3.05) is 20.2 Å². The summed E-state index contributed by atoms with van der Waals surface area (Å²) < 4.78 is 11.3. The first-order valence-corrected chi connectivity index (χ1v) is 9.94. The fourth-order valence-electron chi connectivity index (χ4n) is 5.01. The maximum atomic E-state index is 12.0. The predicted molar refractivity (Wildman–Crippen MR) is 105 cm³/mol. The van der Waals surface area contributed by atoms with Crippen LogP contribution in [-0.4, -0.2) is 42.1 Å². The number of hydrogen-bond acceptors (Lipinski definition) is 5. The summed E-state index contributed by atoms with van der Waals surface area (Å²) in [5.41, 5.74) is 1.92. The first-order chi connectivity index (χ1) is 13.1. The predicted octanol–water partition coefficient (Wildman–Crippen LogP) is 3.97. The van der Waals surface area contributed by atoms with Gasteiger partial charge in [0.2, 0.25) is 0 Å². The molecule has 4 heterocycles.